The lowest BCUT2D eigenvalue weighted by atomic mass is 10.3. The molecule has 0 aliphatic heterocycles. The van der Waals surface area contributed by atoms with Crippen molar-refractivity contribution in [2.75, 3.05) is 19.8 Å². The highest BCUT2D eigenvalue weighted by Crippen LogP contribution is 2.30. The topological polar surface area (TPSA) is 56.4 Å². The summed E-state index contributed by atoms with van der Waals surface area (Å²) in [6, 6.07) is 0. The van der Waals surface area contributed by atoms with Gasteiger partial charge in [0.1, 0.15) is 5.82 Å². The van der Waals surface area contributed by atoms with Crippen LogP contribution in [0.4, 0.5) is 0 Å². The Morgan fingerprint density at radius 1 is 1.11 bits per heavy atom. The molecule has 0 saturated carbocycles. The van der Waals surface area contributed by atoms with Gasteiger partial charge in [0.15, 0.2) is 0 Å². The quantitative estimate of drug-likeness (QED) is 0.702. The van der Waals surface area contributed by atoms with Gasteiger partial charge in [-0.15, -0.1) is 0 Å². The second-order valence-electron chi connectivity index (χ2n) is 3.84. The van der Waals surface area contributed by atoms with Gasteiger partial charge in [0.05, 0.1) is 5.54 Å². The maximum atomic E-state index is 5.92. The van der Waals surface area contributed by atoms with Gasteiger partial charge in [0.2, 0.25) is 0 Å². The fourth-order valence-electron chi connectivity index (χ4n) is 2.11. The van der Waals surface area contributed by atoms with E-state index in [1.165, 1.54) is 0 Å². The summed E-state index contributed by atoms with van der Waals surface area (Å²) in [6.45, 7) is 9.76. The summed E-state index contributed by atoms with van der Waals surface area (Å²) in [5.74, 6) is 0.888. The average molecular weight is 272 g/mol. The predicted molar refractivity (Wildman–Crippen MR) is 72.3 cm³/mol. The molecular weight excluding hydrogens is 248 g/mol. The first-order valence-corrected chi connectivity index (χ1v) is 8.45. The molecule has 1 aromatic rings. The molecule has 0 fully saturated rings. The summed E-state index contributed by atoms with van der Waals surface area (Å²) in [5.41, 5.74) is 0.0624. The van der Waals surface area contributed by atoms with Gasteiger partial charge >= 0.3 is 8.80 Å². The molecule has 5 nitrogen and oxygen atoms in total. The molecule has 1 heterocycles. The van der Waals surface area contributed by atoms with Crippen molar-refractivity contribution in [2.45, 2.75) is 39.7 Å². The van der Waals surface area contributed by atoms with E-state index in [0.29, 0.717) is 19.8 Å². The number of aromatic nitrogens is 2. The number of hydrogen-bond donors (Lipinski definition) is 1. The molecule has 18 heavy (non-hydrogen) atoms. The van der Waals surface area contributed by atoms with Gasteiger partial charge < -0.3 is 18.3 Å². The molecule has 0 amide bonds. The lowest BCUT2D eigenvalue weighted by molar-refractivity contribution is 0.0603. The number of aromatic amines is 1. The molecule has 0 aliphatic carbocycles. The summed E-state index contributed by atoms with van der Waals surface area (Å²) >= 11 is 0. The minimum absolute atomic E-state index is 0.0624. The summed E-state index contributed by atoms with van der Waals surface area (Å²) in [6.07, 6.45) is 4.45. The third kappa shape index (κ3) is 3.41. The molecule has 0 saturated heterocycles. The van der Waals surface area contributed by atoms with E-state index < -0.39 is 8.80 Å². The van der Waals surface area contributed by atoms with Crippen molar-refractivity contribution in [3.8, 4) is 0 Å². The van der Waals surface area contributed by atoms with Crippen LogP contribution in [0.1, 0.15) is 45.5 Å². The van der Waals surface area contributed by atoms with Crippen LogP contribution in [0.5, 0.6) is 0 Å². The van der Waals surface area contributed by atoms with Gasteiger partial charge in [0, 0.05) is 32.2 Å². The summed E-state index contributed by atoms with van der Waals surface area (Å²) < 4.78 is 17.8. The molecule has 1 atom stereocenters. The molecule has 104 valence electrons. The fraction of sp³-hybridized carbons (Fsp3) is 0.750. The Morgan fingerprint density at radius 3 is 2.00 bits per heavy atom. The lowest BCUT2D eigenvalue weighted by Crippen LogP contribution is -2.52. The summed E-state index contributed by atoms with van der Waals surface area (Å²) in [4.78, 5) is 7.49. The largest absolute Gasteiger partial charge is 0.512 e. The Hall–Kier alpha value is -0.693. The van der Waals surface area contributed by atoms with Crippen molar-refractivity contribution < 1.29 is 13.3 Å². The Labute approximate surface area is 110 Å². The van der Waals surface area contributed by atoms with Gasteiger partial charge in [-0.3, -0.25) is 0 Å². The zero-order chi connectivity index (χ0) is 13.4. The first kappa shape index (κ1) is 15.4. The molecule has 0 aromatic carbocycles. The molecular formula is C12H24N2O3Si. The van der Waals surface area contributed by atoms with Crippen LogP contribution in [0.15, 0.2) is 12.4 Å². The standard InChI is InChI=1S/C12H24N2O3Si/c1-5-11(12-13-9-10-14-12)18(15-6-2,16-7-3)17-8-4/h9-11H,5-8H2,1-4H3,(H,13,14). The van der Waals surface area contributed by atoms with Gasteiger partial charge in [-0.25, -0.2) is 4.98 Å². The van der Waals surface area contributed by atoms with Crippen molar-refractivity contribution in [1.29, 1.82) is 0 Å². The zero-order valence-corrected chi connectivity index (χ0v) is 12.7. The molecule has 0 aliphatic rings. The smallest absolute Gasteiger partial charge is 0.373 e. The highest BCUT2D eigenvalue weighted by Gasteiger charge is 2.50. The van der Waals surface area contributed by atoms with Crippen LogP contribution in [0.25, 0.3) is 0 Å². The Balaban J connectivity index is 3.03. The fourth-order valence-corrected chi connectivity index (χ4v) is 5.16. The number of hydrogen-bond acceptors (Lipinski definition) is 4. The van der Waals surface area contributed by atoms with Gasteiger partial charge in [0.25, 0.3) is 0 Å². The third-order valence-electron chi connectivity index (χ3n) is 2.72. The van der Waals surface area contributed by atoms with Crippen LogP contribution in [-0.2, 0) is 13.3 Å². The van der Waals surface area contributed by atoms with Crippen molar-refractivity contribution >= 4 is 8.80 Å². The number of nitrogens with one attached hydrogen (secondary N) is 1. The number of H-pyrrole nitrogens is 1. The van der Waals surface area contributed by atoms with E-state index in [-0.39, 0.29) is 5.54 Å². The zero-order valence-electron chi connectivity index (χ0n) is 11.7. The molecule has 1 unspecified atom stereocenters. The highest BCUT2D eigenvalue weighted by molar-refractivity contribution is 6.62. The second kappa shape index (κ2) is 7.68. The highest BCUT2D eigenvalue weighted by atomic mass is 28.4. The maximum Gasteiger partial charge on any atom is 0.512 e. The van der Waals surface area contributed by atoms with Crippen LogP contribution < -0.4 is 0 Å². The van der Waals surface area contributed by atoms with Crippen molar-refractivity contribution in [3.05, 3.63) is 18.2 Å². The Kier molecular flexibility index (Phi) is 6.55. The van der Waals surface area contributed by atoms with Crippen LogP contribution in [0, 0.1) is 0 Å². The third-order valence-corrected chi connectivity index (χ3v) is 6.33. The van der Waals surface area contributed by atoms with Crippen LogP contribution >= 0.6 is 0 Å². The monoisotopic (exact) mass is 272 g/mol. The molecule has 0 spiro atoms. The van der Waals surface area contributed by atoms with Crippen molar-refractivity contribution in [1.82, 2.24) is 9.97 Å². The predicted octanol–water partition coefficient (Wildman–Crippen LogP) is 2.49. The molecule has 1 aromatic heterocycles. The van der Waals surface area contributed by atoms with Crippen LogP contribution in [0.3, 0.4) is 0 Å². The van der Waals surface area contributed by atoms with E-state index in [2.05, 4.69) is 16.9 Å². The molecule has 1 rings (SSSR count). The van der Waals surface area contributed by atoms with E-state index in [1.54, 1.807) is 6.20 Å². The minimum Gasteiger partial charge on any atom is -0.373 e. The Bertz CT molecular complexity index is 302. The maximum absolute atomic E-state index is 5.92. The van der Waals surface area contributed by atoms with Crippen molar-refractivity contribution in [3.63, 3.8) is 0 Å². The normalized spacial score (nSPS) is 13.8. The van der Waals surface area contributed by atoms with Crippen LogP contribution in [0.2, 0.25) is 0 Å². The van der Waals surface area contributed by atoms with Crippen molar-refractivity contribution in [2.24, 2.45) is 0 Å². The van der Waals surface area contributed by atoms with E-state index in [9.17, 15) is 0 Å². The molecule has 0 bridgehead atoms. The molecule has 6 heteroatoms. The minimum atomic E-state index is -2.72. The Morgan fingerprint density at radius 2 is 1.67 bits per heavy atom. The second-order valence-corrected chi connectivity index (χ2v) is 6.61. The van der Waals surface area contributed by atoms with Gasteiger partial charge in [-0.1, -0.05) is 6.92 Å². The number of rotatable bonds is 9. The molecule has 1 N–H and O–H groups in total. The van der Waals surface area contributed by atoms with E-state index in [1.807, 2.05) is 27.0 Å². The first-order valence-electron chi connectivity index (χ1n) is 6.65. The lowest BCUT2D eigenvalue weighted by Gasteiger charge is -2.33. The van der Waals surface area contributed by atoms with E-state index >= 15 is 0 Å². The summed E-state index contributed by atoms with van der Waals surface area (Å²) in [5, 5.41) is 0. The number of nitrogens with zero attached hydrogens (tertiary/aromatic N) is 1. The molecule has 0 radical (unpaired) electrons. The number of imidazole rings is 1. The summed E-state index contributed by atoms with van der Waals surface area (Å²) in [7, 11) is -2.72. The SMILES string of the molecule is CCO[Si](OCC)(OCC)C(CC)c1ncc[nH]1. The van der Waals surface area contributed by atoms with Gasteiger partial charge in [-0.05, 0) is 27.2 Å². The van der Waals surface area contributed by atoms with Gasteiger partial charge in [-0.2, -0.15) is 0 Å². The van der Waals surface area contributed by atoms with E-state index in [4.69, 9.17) is 13.3 Å². The van der Waals surface area contributed by atoms with Crippen LogP contribution in [-0.4, -0.2) is 38.6 Å². The van der Waals surface area contributed by atoms with E-state index in [0.717, 1.165) is 12.2 Å². The first-order chi connectivity index (χ1) is 8.74. The average Bonchev–Trinajstić information content (AvgIpc) is 2.84.